The molecule has 1 aliphatic heterocycles. The van der Waals surface area contributed by atoms with Gasteiger partial charge in [0.25, 0.3) is 0 Å². The van der Waals surface area contributed by atoms with Crippen LogP contribution in [0, 0.1) is 0 Å². The lowest BCUT2D eigenvalue weighted by atomic mass is 10.0. The van der Waals surface area contributed by atoms with Crippen molar-refractivity contribution in [2.75, 3.05) is 39.8 Å². The second-order valence-electron chi connectivity index (χ2n) is 8.98. The van der Waals surface area contributed by atoms with Gasteiger partial charge in [-0.3, -0.25) is 9.59 Å². The molecule has 0 bridgehead atoms. The summed E-state index contributed by atoms with van der Waals surface area (Å²) in [7, 11) is 2.17. The van der Waals surface area contributed by atoms with Crippen LogP contribution in [0.2, 0.25) is 0 Å². The number of carbonyl (C=O) groups is 2. The maximum Gasteiger partial charge on any atom is 0.163 e. The van der Waals surface area contributed by atoms with Crippen molar-refractivity contribution in [3.8, 4) is 0 Å². The molecule has 0 radical (unpaired) electrons. The Bertz CT molecular complexity index is 1070. The summed E-state index contributed by atoms with van der Waals surface area (Å²) in [4.78, 5) is 29.3. The van der Waals surface area contributed by atoms with Gasteiger partial charge in [-0.15, -0.1) is 0 Å². The molecule has 4 rings (SSSR count). The zero-order valence-electron chi connectivity index (χ0n) is 19.4. The van der Waals surface area contributed by atoms with Crippen molar-refractivity contribution in [2.24, 2.45) is 0 Å². The van der Waals surface area contributed by atoms with E-state index in [0.29, 0.717) is 0 Å². The molecule has 1 aliphatic carbocycles. The van der Waals surface area contributed by atoms with E-state index in [2.05, 4.69) is 53.3 Å². The molecule has 0 saturated carbocycles. The number of carbonyl (C=O) groups excluding carboxylic acids is 2. The first-order chi connectivity index (χ1) is 16.0. The van der Waals surface area contributed by atoms with Crippen LogP contribution in [0.1, 0.15) is 34.2 Å². The summed E-state index contributed by atoms with van der Waals surface area (Å²) in [6, 6.07) is 14.5. The molecule has 2 aromatic rings. The van der Waals surface area contributed by atoms with E-state index in [1.54, 1.807) is 12.2 Å². The van der Waals surface area contributed by atoms with Crippen LogP contribution >= 0.6 is 0 Å². The molecule has 0 atom stereocenters. The molecule has 170 valence electrons. The van der Waals surface area contributed by atoms with Crippen molar-refractivity contribution in [1.82, 2.24) is 9.80 Å². The summed E-state index contributed by atoms with van der Waals surface area (Å²) in [6.45, 7) is 5.64. The van der Waals surface area contributed by atoms with Gasteiger partial charge >= 0.3 is 0 Å². The van der Waals surface area contributed by atoms with Crippen molar-refractivity contribution in [3.05, 3.63) is 88.5 Å². The van der Waals surface area contributed by atoms with Crippen LogP contribution in [0.5, 0.6) is 0 Å². The second kappa shape index (κ2) is 11.2. The molecular weight excluding hydrogens is 408 g/mol. The number of piperazine rings is 1. The monoisotopic (exact) mass is 440 g/mol. The number of ketones is 2. The predicted octanol–water partition coefficient (Wildman–Crippen LogP) is 4.30. The molecule has 4 heteroatoms. The van der Waals surface area contributed by atoms with E-state index in [4.69, 9.17) is 0 Å². The normalized spacial score (nSPS) is 16.6. The van der Waals surface area contributed by atoms with Crippen LogP contribution in [-0.4, -0.2) is 61.1 Å². The molecule has 0 aromatic heterocycles. The van der Waals surface area contributed by atoms with Gasteiger partial charge in [0.05, 0.1) is 6.42 Å². The van der Waals surface area contributed by atoms with Crippen LogP contribution in [0.15, 0.2) is 60.7 Å². The third-order valence-electron chi connectivity index (χ3n) is 6.37. The van der Waals surface area contributed by atoms with E-state index in [1.165, 1.54) is 28.8 Å². The maximum atomic E-state index is 12.2. The fourth-order valence-electron chi connectivity index (χ4n) is 4.20. The Kier molecular flexibility index (Phi) is 7.82. The summed E-state index contributed by atoms with van der Waals surface area (Å²) in [5.41, 5.74) is 5.78. The minimum Gasteiger partial charge on any atom is -0.304 e. The highest BCUT2D eigenvalue weighted by Crippen LogP contribution is 2.21. The quantitative estimate of drug-likeness (QED) is 0.431. The largest absolute Gasteiger partial charge is 0.304 e. The van der Waals surface area contributed by atoms with E-state index in [-0.39, 0.29) is 18.0 Å². The number of allylic oxidation sites excluding steroid dienone is 3. The van der Waals surface area contributed by atoms with Crippen molar-refractivity contribution >= 4 is 29.8 Å². The average Bonchev–Trinajstić information content (AvgIpc) is 3.30. The second-order valence-corrected chi connectivity index (χ2v) is 8.98. The first-order valence-electron chi connectivity index (χ1n) is 11.8. The van der Waals surface area contributed by atoms with Gasteiger partial charge in [-0.25, -0.2) is 0 Å². The van der Waals surface area contributed by atoms with Crippen LogP contribution in [-0.2, 0) is 22.4 Å². The van der Waals surface area contributed by atoms with Crippen molar-refractivity contribution in [2.45, 2.75) is 19.3 Å². The molecule has 2 aromatic carbocycles. The van der Waals surface area contributed by atoms with Crippen LogP contribution in [0.4, 0.5) is 0 Å². The van der Waals surface area contributed by atoms with E-state index >= 15 is 0 Å². The van der Waals surface area contributed by atoms with Gasteiger partial charge in [-0.2, -0.15) is 0 Å². The molecule has 33 heavy (non-hydrogen) atoms. The number of benzene rings is 2. The lowest BCUT2D eigenvalue weighted by Gasteiger charge is -2.32. The number of fused-ring (bicyclic) bond motifs is 1. The number of likely N-dealkylation sites (N-methyl/N-ethyl adjacent to an activating group) is 1. The Balaban J connectivity index is 1.21. The summed E-state index contributed by atoms with van der Waals surface area (Å²) in [5, 5.41) is 0. The third kappa shape index (κ3) is 6.95. The van der Waals surface area contributed by atoms with E-state index in [9.17, 15) is 9.59 Å². The van der Waals surface area contributed by atoms with Gasteiger partial charge in [0.15, 0.2) is 11.6 Å². The fraction of sp³-hybridized carbons (Fsp3) is 0.310. The van der Waals surface area contributed by atoms with E-state index < -0.39 is 0 Å². The highest BCUT2D eigenvalue weighted by molar-refractivity contribution is 6.10. The highest BCUT2D eigenvalue weighted by Gasteiger charge is 2.13. The van der Waals surface area contributed by atoms with Crippen LogP contribution < -0.4 is 0 Å². The number of nitrogens with zero attached hydrogens (tertiary/aromatic N) is 2. The Morgan fingerprint density at radius 1 is 0.879 bits per heavy atom. The predicted molar refractivity (Wildman–Crippen MR) is 136 cm³/mol. The Morgan fingerprint density at radius 3 is 2.27 bits per heavy atom. The van der Waals surface area contributed by atoms with Crippen molar-refractivity contribution in [1.29, 1.82) is 0 Å². The van der Waals surface area contributed by atoms with E-state index in [1.807, 2.05) is 18.2 Å². The number of rotatable bonds is 9. The van der Waals surface area contributed by atoms with Crippen molar-refractivity contribution < 1.29 is 9.59 Å². The summed E-state index contributed by atoms with van der Waals surface area (Å²) >= 11 is 0. The molecule has 1 fully saturated rings. The van der Waals surface area contributed by atoms with Gasteiger partial charge in [0.2, 0.25) is 0 Å². The molecule has 2 aliphatic rings. The lowest BCUT2D eigenvalue weighted by Crippen LogP contribution is -2.45. The Morgan fingerprint density at radius 2 is 1.55 bits per heavy atom. The summed E-state index contributed by atoms with van der Waals surface area (Å²) < 4.78 is 0. The van der Waals surface area contributed by atoms with Gasteiger partial charge < -0.3 is 9.80 Å². The molecule has 0 spiro atoms. The molecule has 0 amide bonds. The average molecular weight is 441 g/mol. The fourth-order valence-corrected chi connectivity index (χ4v) is 4.20. The Hall–Kier alpha value is -3.08. The van der Waals surface area contributed by atoms with Gasteiger partial charge in [-0.1, -0.05) is 66.8 Å². The summed E-state index contributed by atoms with van der Waals surface area (Å²) in [5.74, 6) is -0.357. The number of hydrogen-bond acceptors (Lipinski definition) is 4. The van der Waals surface area contributed by atoms with Gasteiger partial charge in [0, 0.05) is 32.7 Å². The van der Waals surface area contributed by atoms with Crippen molar-refractivity contribution in [3.63, 3.8) is 0 Å². The minimum atomic E-state index is -0.179. The minimum absolute atomic E-state index is 0.109. The molecule has 0 unspecified atom stereocenters. The first kappa shape index (κ1) is 23.1. The highest BCUT2D eigenvalue weighted by atomic mass is 16.1. The standard InChI is InChI=1S/C29H32N2O2/c1-30-17-19-31(20-18-30)16-15-24-7-5-23(6-8-24)10-13-28(32)22-29(33)14-11-25-9-12-26-3-2-4-27(26)21-25/h2-3,5-14,21H,4,15-20,22H2,1H3/b13-10+,14-11+. The zero-order valence-corrected chi connectivity index (χ0v) is 19.4. The molecule has 4 nitrogen and oxygen atoms in total. The summed E-state index contributed by atoms with van der Waals surface area (Å²) in [6.07, 6.45) is 12.7. The van der Waals surface area contributed by atoms with E-state index in [0.717, 1.165) is 56.7 Å². The molecule has 1 heterocycles. The topological polar surface area (TPSA) is 40.6 Å². The van der Waals surface area contributed by atoms with Crippen LogP contribution in [0.25, 0.3) is 18.2 Å². The number of hydrogen-bond donors (Lipinski definition) is 0. The Labute approximate surface area is 196 Å². The molecule has 1 saturated heterocycles. The van der Waals surface area contributed by atoms with Crippen LogP contribution in [0.3, 0.4) is 0 Å². The first-order valence-corrected chi connectivity index (χ1v) is 11.8. The molecular formula is C29H32N2O2. The lowest BCUT2D eigenvalue weighted by molar-refractivity contribution is -0.121. The SMILES string of the molecule is CN1CCN(CCc2ccc(/C=C/C(=O)CC(=O)/C=C/c3ccc4c(c3)CC=C4)cc2)CC1. The van der Waals surface area contributed by atoms with Gasteiger partial charge in [-0.05, 0) is 59.9 Å². The third-order valence-corrected chi connectivity index (χ3v) is 6.37. The smallest absolute Gasteiger partial charge is 0.163 e. The van der Waals surface area contributed by atoms with Gasteiger partial charge in [0.1, 0.15) is 0 Å². The maximum absolute atomic E-state index is 12.2. The molecule has 0 N–H and O–H groups in total. The zero-order chi connectivity index (χ0) is 23.0.